The minimum Gasteiger partial charge on any atom is -0.479 e. The van der Waals surface area contributed by atoms with Gasteiger partial charge in [-0.15, -0.1) is 0 Å². The van der Waals surface area contributed by atoms with Crippen LogP contribution in [0.2, 0.25) is 5.02 Å². The highest BCUT2D eigenvalue weighted by molar-refractivity contribution is 6.30. The minimum absolute atomic E-state index is 0.223. The highest BCUT2D eigenvalue weighted by atomic mass is 35.5. The van der Waals surface area contributed by atoms with Gasteiger partial charge in [-0.2, -0.15) is 0 Å². The molecule has 148 valence electrons. The number of hydrogen-bond donors (Lipinski definition) is 5. The summed E-state index contributed by atoms with van der Waals surface area (Å²) in [4.78, 5) is 22.3. The average Bonchev–Trinajstić information content (AvgIpc) is 2.51. The molecule has 3 atom stereocenters. The number of carbonyl (C=O) groups is 2. The monoisotopic (exact) mass is 390 g/mol. The third-order valence-corrected chi connectivity index (χ3v) is 3.44. The first-order valence-electron chi connectivity index (χ1n) is 7.83. The Bertz CT molecular complexity index is 618. The Morgan fingerprint density at radius 1 is 1.27 bits per heavy atom. The average molecular weight is 391 g/mol. The van der Waals surface area contributed by atoms with Crippen LogP contribution in [0.3, 0.4) is 0 Å². The molecular weight excluding hydrogens is 364 g/mol. The lowest BCUT2D eigenvalue weighted by atomic mass is 9.94. The Kier molecular flexibility index (Phi) is 9.19. The second-order valence-corrected chi connectivity index (χ2v) is 7.09. The highest BCUT2D eigenvalue weighted by Gasteiger charge is 2.49. The van der Waals surface area contributed by atoms with Crippen molar-refractivity contribution in [2.24, 2.45) is 11.5 Å². The van der Waals surface area contributed by atoms with Crippen molar-refractivity contribution in [3.63, 3.8) is 0 Å². The third-order valence-electron chi connectivity index (χ3n) is 3.21. The van der Waals surface area contributed by atoms with Gasteiger partial charge in [0.05, 0.1) is 12.2 Å². The van der Waals surface area contributed by atoms with Crippen LogP contribution in [0.5, 0.6) is 0 Å². The zero-order valence-corrected chi connectivity index (χ0v) is 16.0. The van der Waals surface area contributed by atoms with Crippen LogP contribution in [0.25, 0.3) is 0 Å². The van der Waals surface area contributed by atoms with Gasteiger partial charge in [0, 0.05) is 11.6 Å². The van der Waals surface area contributed by atoms with Gasteiger partial charge in [-0.25, -0.2) is 9.59 Å². The van der Waals surface area contributed by atoms with E-state index in [1.807, 2.05) is 0 Å². The van der Waals surface area contributed by atoms with Crippen molar-refractivity contribution in [1.29, 1.82) is 0 Å². The Hall–Kier alpha value is -1.71. The molecule has 0 aromatic heterocycles. The van der Waals surface area contributed by atoms with E-state index in [2.05, 4.69) is 0 Å². The number of aliphatic carboxylic acids is 1. The molecular formula is C17H27ClN2O6. The van der Waals surface area contributed by atoms with E-state index in [9.17, 15) is 19.8 Å². The predicted molar refractivity (Wildman–Crippen MR) is 97.5 cm³/mol. The van der Waals surface area contributed by atoms with E-state index in [-0.39, 0.29) is 6.54 Å². The van der Waals surface area contributed by atoms with Crippen LogP contribution in [-0.4, -0.2) is 51.0 Å². The molecule has 0 saturated heterocycles. The van der Waals surface area contributed by atoms with Gasteiger partial charge in [-0.05, 0) is 45.4 Å². The molecule has 0 bridgehead atoms. The molecule has 2 unspecified atom stereocenters. The van der Waals surface area contributed by atoms with Crippen molar-refractivity contribution < 1.29 is 29.6 Å². The smallest absolute Gasteiger partial charge is 0.341 e. The van der Waals surface area contributed by atoms with E-state index in [1.165, 1.54) is 0 Å². The molecule has 0 fully saturated rings. The number of carboxylic acid groups (broad SMARTS) is 1. The Balaban J connectivity index is 0.000000502. The van der Waals surface area contributed by atoms with Gasteiger partial charge in [0.15, 0.2) is 0 Å². The zero-order valence-electron chi connectivity index (χ0n) is 15.3. The number of benzene rings is 1. The molecule has 0 aliphatic heterocycles. The van der Waals surface area contributed by atoms with Gasteiger partial charge < -0.3 is 31.5 Å². The van der Waals surface area contributed by atoms with Crippen molar-refractivity contribution in [1.82, 2.24) is 0 Å². The van der Waals surface area contributed by atoms with E-state index >= 15 is 0 Å². The number of carbonyl (C=O) groups excluding carboxylic acids is 1. The first kappa shape index (κ1) is 24.3. The Morgan fingerprint density at radius 2 is 1.81 bits per heavy atom. The Labute approximate surface area is 157 Å². The van der Waals surface area contributed by atoms with Gasteiger partial charge >= 0.3 is 11.9 Å². The van der Waals surface area contributed by atoms with Gasteiger partial charge in [-0.1, -0.05) is 23.7 Å². The zero-order chi connectivity index (χ0) is 20.7. The number of halogens is 1. The summed E-state index contributed by atoms with van der Waals surface area (Å²) in [5.41, 5.74) is 8.06. The van der Waals surface area contributed by atoms with Gasteiger partial charge in [0.25, 0.3) is 0 Å². The van der Waals surface area contributed by atoms with Crippen LogP contribution >= 0.6 is 11.6 Å². The number of esters is 1. The van der Waals surface area contributed by atoms with Crippen molar-refractivity contribution in [3.8, 4) is 0 Å². The van der Waals surface area contributed by atoms with Crippen molar-refractivity contribution in [3.05, 3.63) is 34.9 Å². The number of aliphatic hydroxyl groups excluding tert-OH is 2. The maximum absolute atomic E-state index is 11.5. The lowest BCUT2D eigenvalue weighted by Crippen LogP contribution is -2.63. The molecule has 0 radical (unpaired) electrons. The summed E-state index contributed by atoms with van der Waals surface area (Å²) in [5, 5.41) is 27.9. The molecule has 7 N–H and O–H groups in total. The van der Waals surface area contributed by atoms with Gasteiger partial charge in [-0.3, -0.25) is 0 Å². The maximum atomic E-state index is 11.5. The highest BCUT2D eigenvalue weighted by Crippen LogP contribution is 2.17. The fourth-order valence-electron chi connectivity index (χ4n) is 1.65. The fraction of sp³-hybridized carbons (Fsp3) is 0.529. The van der Waals surface area contributed by atoms with E-state index in [0.29, 0.717) is 5.02 Å². The topological polar surface area (TPSA) is 156 Å². The molecule has 1 rings (SSSR count). The third kappa shape index (κ3) is 7.27. The minimum atomic E-state index is -2.42. The summed E-state index contributed by atoms with van der Waals surface area (Å²) in [7, 11) is 0. The summed E-state index contributed by atoms with van der Waals surface area (Å²) >= 11 is 5.69. The molecule has 26 heavy (non-hydrogen) atoms. The fourth-order valence-corrected chi connectivity index (χ4v) is 1.85. The Morgan fingerprint density at radius 3 is 2.15 bits per heavy atom. The number of carboxylic acids is 1. The molecule has 0 heterocycles. The number of ether oxygens (including phenoxy) is 1. The van der Waals surface area contributed by atoms with Crippen molar-refractivity contribution >= 4 is 23.5 Å². The summed E-state index contributed by atoms with van der Waals surface area (Å²) in [6.07, 6.45) is -2.14. The molecule has 0 amide bonds. The molecule has 9 heteroatoms. The van der Waals surface area contributed by atoms with Crippen LogP contribution in [0.1, 0.15) is 39.4 Å². The van der Waals surface area contributed by atoms with Crippen LogP contribution in [0.4, 0.5) is 0 Å². The summed E-state index contributed by atoms with van der Waals surface area (Å²) in [6, 6.07) is 7.05. The standard InChI is InChI=1S/C9H17NO5.C8H10ClNO/c1-5(11)9(10,6(12)13)7(14)15-8(2,3)4;9-7-3-1-2-6(4-7)8(11)5-10/h5,11H,10H2,1-4H3,(H,12,13);1-4,8,11H,5,10H2/t;8-/m.0/s1. The summed E-state index contributed by atoms with van der Waals surface area (Å²) in [6.45, 7) is 6.08. The van der Waals surface area contributed by atoms with E-state index in [0.717, 1.165) is 12.5 Å². The van der Waals surface area contributed by atoms with Crippen molar-refractivity contribution in [2.45, 2.75) is 51.0 Å². The molecule has 8 nitrogen and oxygen atoms in total. The molecule has 1 aromatic rings. The number of aliphatic hydroxyl groups is 2. The van der Waals surface area contributed by atoms with E-state index < -0.39 is 35.3 Å². The number of rotatable bonds is 5. The van der Waals surface area contributed by atoms with E-state index in [1.54, 1.807) is 45.0 Å². The molecule has 0 spiro atoms. The molecule has 0 aliphatic carbocycles. The first-order valence-corrected chi connectivity index (χ1v) is 8.20. The summed E-state index contributed by atoms with van der Waals surface area (Å²) < 4.78 is 4.82. The number of hydrogen-bond acceptors (Lipinski definition) is 7. The van der Waals surface area contributed by atoms with Crippen LogP contribution in [-0.2, 0) is 14.3 Å². The van der Waals surface area contributed by atoms with E-state index in [4.69, 9.17) is 32.9 Å². The second kappa shape index (κ2) is 9.84. The van der Waals surface area contributed by atoms with Crippen LogP contribution in [0, 0.1) is 0 Å². The predicted octanol–water partition coefficient (Wildman–Crippen LogP) is 0.823. The molecule has 1 aromatic carbocycles. The number of nitrogens with two attached hydrogens (primary N) is 2. The van der Waals surface area contributed by atoms with Gasteiger partial charge in [0.1, 0.15) is 5.60 Å². The van der Waals surface area contributed by atoms with Crippen molar-refractivity contribution in [2.75, 3.05) is 6.54 Å². The molecule has 0 saturated carbocycles. The second-order valence-electron chi connectivity index (χ2n) is 6.66. The SMILES string of the molecule is CC(O)C(N)(C(=O)O)C(=O)OC(C)(C)C.NC[C@H](O)c1cccc(Cl)c1. The molecule has 0 aliphatic rings. The normalized spacial score (nSPS) is 15.7. The van der Waals surface area contributed by atoms with Gasteiger partial charge in [0.2, 0.25) is 5.54 Å². The largest absolute Gasteiger partial charge is 0.479 e. The van der Waals surface area contributed by atoms with Crippen LogP contribution in [0.15, 0.2) is 24.3 Å². The lowest BCUT2D eigenvalue weighted by molar-refractivity contribution is -0.174. The van der Waals surface area contributed by atoms with Crippen LogP contribution < -0.4 is 11.5 Å². The lowest BCUT2D eigenvalue weighted by Gasteiger charge is -2.29. The summed E-state index contributed by atoms with van der Waals surface area (Å²) in [5.74, 6) is -2.77. The quantitative estimate of drug-likeness (QED) is 0.365. The maximum Gasteiger partial charge on any atom is 0.341 e. The first-order chi connectivity index (χ1) is 11.8.